The van der Waals surface area contributed by atoms with Crippen LogP contribution in [0, 0.1) is 6.92 Å². The van der Waals surface area contributed by atoms with Gasteiger partial charge in [-0.15, -0.1) is 0 Å². The van der Waals surface area contributed by atoms with Crippen molar-refractivity contribution in [3.63, 3.8) is 0 Å². The Labute approximate surface area is 145 Å². The van der Waals surface area contributed by atoms with Crippen molar-refractivity contribution >= 4 is 16.6 Å². The van der Waals surface area contributed by atoms with Gasteiger partial charge in [-0.1, -0.05) is 29.8 Å². The van der Waals surface area contributed by atoms with Gasteiger partial charge in [0.2, 0.25) is 0 Å². The molecule has 1 aliphatic heterocycles. The van der Waals surface area contributed by atoms with E-state index in [0.717, 1.165) is 16.8 Å². The number of anilines is 1. The van der Waals surface area contributed by atoms with Gasteiger partial charge in [-0.2, -0.15) is 0 Å². The second-order valence-electron chi connectivity index (χ2n) is 7.03. The van der Waals surface area contributed by atoms with E-state index in [0.29, 0.717) is 29.6 Å². The van der Waals surface area contributed by atoms with Gasteiger partial charge in [-0.05, 0) is 44.9 Å². The fraction of sp³-hybridized carbons (Fsp3) is 0.300. The molecule has 0 bridgehead atoms. The van der Waals surface area contributed by atoms with Gasteiger partial charge in [0.25, 0.3) is 5.56 Å². The molecule has 5 heteroatoms. The maximum absolute atomic E-state index is 12.5. The summed E-state index contributed by atoms with van der Waals surface area (Å²) >= 11 is 0. The normalized spacial score (nSPS) is 22.9. The first-order valence-electron chi connectivity index (χ1n) is 8.53. The summed E-state index contributed by atoms with van der Waals surface area (Å²) < 4.78 is 0. The van der Waals surface area contributed by atoms with Crippen LogP contribution in [0.1, 0.15) is 42.8 Å². The smallest absolute Gasteiger partial charge is 0.258 e. The molecule has 3 N–H and O–H groups in total. The van der Waals surface area contributed by atoms with E-state index in [1.165, 1.54) is 0 Å². The van der Waals surface area contributed by atoms with E-state index in [1.54, 1.807) is 0 Å². The first-order chi connectivity index (χ1) is 11.9. The molecule has 25 heavy (non-hydrogen) atoms. The van der Waals surface area contributed by atoms with Crippen LogP contribution in [0.15, 0.2) is 47.3 Å². The second-order valence-corrected chi connectivity index (χ2v) is 7.03. The van der Waals surface area contributed by atoms with Gasteiger partial charge in [-0.25, -0.2) is 4.98 Å². The van der Waals surface area contributed by atoms with E-state index in [9.17, 15) is 9.90 Å². The molecule has 0 aliphatic carbocycles. The molecule has 0 fully saturated rings. The summed E-state index contributed by atoms with van der Waals surface area (Å²) in [5.41, 5.74) is 2.43. The first-order valence-corrected chi connectivity index (χ1v) is 8.53. The van der Waals surface area contributed by atoms with Crippen molar-refractivity contribution in [3.05, 3.63) is 69.8 Å². The Kier molecular flexibility index (Phi) is 3.62. The summed E-state index contributed by atoms with van der Waals surface area (Å²) in [4.78, 5) is 20.1. The van der Waals surface area contributed by atoms with Crippen LogP contribution in [0.3, 0.4) is 0 Å². The van der Waals surface area contributed by atoms with Gasteiger partial charge in [0.05, 0.1) is 22.5 Å². The fourth-order valence-corrected chi connectivity index (χ4v) is 3.54. The third-order valence-corrected chi connectivity index (χ3v) is 4.97. The van der Waals surface area contributed by atoms with Crippen LogP contribution in [0.4, 0.5) is 5.69 Å². The molecular formula is C20H21N3O2. The van der Waals surface area contributed by atoms with Crippen LogP contribution in [0.5, 0.6) is 0 Å². The maximum atomic E-state index is 12.5. The Morgan fingerprint density at radius 1 is 1.24 bits per heavy atom. The fourth-order valence-electron chi connectivity index (χ4n) is 3.54. The van der Waals surface area contributed by atoms with Gasteiger partial charge >= 0.3 is 0 Å². The average Bonchev–Trinajstić information content (AvgIpc) is 2.72. The SMILES string of the molecule is Cc1ccc2nc(C3CCC(C)(O)c4ccccc4N3)[nH]c(=O)c2c1. The highest BCUT2D eigenvalue weighted by Crippen LogP contribution is 2.39. The molecule has 0 saturated heterocycles. The molecule has 1 aromatic heterocycles. The third-order valence-electron chi connectivity index (χ3n) is 4.97. The third kappa shape index (κ3) is 2.81. The lowest BCUT2D eigenvalue weighted by atomic mass is 9.90. The number of nitrogens with one attached hydrogen (secondary N) is 2. The highest BCUT2D eigenvalue weighted by Gasteiger charge is 2.32. The van der Waals surface area contributed by atoms with Crippen LogP contribution >= 0.6 is 0 Å². The van der Waals surface area contributed by atoms with Crippen molar-refractivity contribution in [1.82, 2.24) is 9.97 Å². The van der Waals surface area contributed by atoms with Crippen LogP contribution in [-0.2, 0) is 5.60 Å². The zero-order valence-electron chi connectivity index (χ0n) is 14.3. The van der Waals surface area contributed by atoms with Crippen LogP contribution < -0.4 is 10.9 Å². The quantitative estimate of drug-likeness (QED) is 0.637. The lowest BCUT2D eigenvalue weighted by molar-refractivity contribution is 0.0470. The molecule has 2 aromatic carbocycles. The van der Waals surface area contributed by atoms with Crippen molar-refractivity contribution in [2.45, 2.75) is 38.3 Å². The van der Waals surface area contributed by atoms with Crippen molar-refractivity contribution < 1.29 is 5.11 Å². The average molecular weight is 335 g/mol. The summed E-state index contributed by atoms with van der Waals surface area (Å²) in [6.45, 7) is 3.79. The van der Waals surface area contributed by atoms with E-state index in [1.807, 2.05) is 56.3 Å². The minimum atomic E-state index is -0.910. The van der Waals surface area contributed by atoms with Crippen molar-refractivity contribution in [1.29, 1.82) is 0 Å². The molecule has 128 valence electrons. The number of aliphatic hydroxyl groups is 1. The Hall–Kier alpha value is -2.66. The number of aryl methyl sites for hydroxylation is 1. The molecule has 2 atom stereocenters. The van der Waals surface area contributed by atoms with Crippen molar-refractivity contribution in [2.24, 2.45) is 0 Å². The molecule has 2 unspecified atom stereocenters. The molecule has 0 radical (unpaired) electrons. The molecule has 0 amide bonds. The Morgan fingerprint density at radius 2 is 2.04 bits per heavy atom. The van der Waals surface area contributed by atoms with Crippen LogP contribution in [0.2, 0.25) is 0 Å². The van der Waals surface area contributed by atoms with Gasteiger partial charge in [0, 0.05) is 11.3 Å². The molecule has 3 aromatic rings. The molecule has 5 nitrogen and oxygen atoms in total. The van der Waals surface area contributed by atoms with E-state index in [2.05, 4.69) is 15.3 Å². The molecular weight excluding hydrogens is 314 g/mol. The van der Waals surface area contributed by atoms with Gasteiger partial charge in [-0.3, -0.25) is 4.79 Å². The predicted molar refractivity (Wildman–Crippen MR) is 98.7 cm³/mol. The number of H-pyrrole nitrogens is 1. The minimum Gasteiger partial charge on any atom is -0.385 e. The minimum absolute atomic E-state index is 0.130. The van der Waals surface area contributed by atoms with Crippen LogP contribution in [0.25, 0.3) is 10.9 Å². The summed E-state index contributed by atoms with van der Waals surface area (Å²) in [6, 6.07) is 13.3. The number of nitrogens with zero attached hydrogens (tertiary/aromatic N) is 1. The summed E-state index contributed by atoms with van der Waals surface area (Å²) in [5.74, 6) is 0.605. The zero-order valence-corrected chi connectivity index (χ0v) is 14.3. The lowest BCUT2D eigenvalue weighted by Gasteiger charge is -2.22. The first kappa shape index (κ1) is 15.8. The van der Waals surface area contributed by atoms with Gasteiger partial charge < -0.3 is 15.4 Å². The Balaban J connectivity index is 1.79. The molecule has 2 heterocycles. The van der Waals surface area contributed by atoms with Gasteiger partial charge in [0.1, 0.15) is 5.82 Å². The lowest BCUT2D eigenvalue weighted by Crippen LogP contribution is -2.21. The zero-order chi connectivity index (χ0) is 17.6. The summed E-state index contributed by atoms with van der Waals surface area (Å²) in [5, 5.41) is 14.8. The Morgan fingerprint density at radius 3 is 2.88 bits per heavy atom. The standard InChI is InChI=1S/C20H21N3O2/c1-12-7-8-15-13(11-12)19(24)23-18(22-15)17-9-10-20(2,25)14-5-3-4-6-16(14)21-17/h3-8,11,17,21,25H,9-10H2,1-2H3,(H,22,23,24). The number of fused-ring (bicyclic) bond motifs is 2. The van der Waals surface area contributed by atoms with E-state index < -0.39 is 5.60 Å². The summed E-state index contributed by atoms with van der Waals surface area (Å²) in [7, 11) is 0. The number of rotatable bonds is 1. The number of hydrogen-bond donors (Lipinski definition) is 3. The Bertz CT molecular complexity index is 1010. The largest absolute Gasteiger partial charge is 0.385 e. The number of aromatic nitrogens is 2. The number of benzene rings is 2. The highest BCUT2D eigenvalue weighted by atomic mass is 16.3. The number of para-hydroxylation sites is 1. The van der Waals surface area contributed by atoms with Gasteiger partial charge in [0.15, 0.2) is 0 Å². The monoisotopic (exact) mass is 335 g/mol. The summed E-state index contributed by atoms with van der Waals surface area (Å²) in [6.07, 6.45) is 1.25. The van der Waals surface area contributed by atoms with Crippen LogP contribution in [-0.4, -0.2) is 15.1 Å². The number of aromatic amines is 1. The van der Waals surface area contributed by atoms with Crippen molar-refractivity contribution in [2.75, 3.05) is 5.32 Å². The molecule has 0 saturated carbocycles. The van der Waals surface area contributed by atoms with E-state index >= 15 is 0 Å². The predicted octanol–water partition coefficient (Wildman–Crippen LogP) is 3.39. The van der Waals surface area contributed by atoms with E-state index in [-0.39, 0.29) is 11.6 Å². The molecule has 4 rings (SSSR count). The van der Waals surface area contributed by atoms with E-state index in [4.69, 9.17) is 0 Å². The molecule has 1 aliphatic rings. The highest BCUT2D eigenvalue weighted by molar-refractivity contribution is 5.78. The number of hydrogen-bond acceptors (Lipinski definition) is 4. The molecule has 0 spiro atoms. The second kappa shape index (κ2) is 5.70. The van der Waals surface area contributed by atoms with Crippen molar-refractivity contribution in [3.8, 4) is 0 Å². The maximum Gasteiger partial charge on any atom is 0.258 e. The topological polar surface area (TPSA) is 78.0 Å².